The molecule has 1 aliphatic heterocycles. The average molecular weight is 266 g/mol. The maximum absolute atomic E-state index is 9.06. The third kappa shape index (κ3) is 2.28. The summed E-state index contributed by atoms with van der Waals surface area (Å²) in [5.74, 6) is 1.58. The summed E-state index contributed by atoms with van der Waals surface area (Å²) < 4.78 is 5.50. The Morgan fingerprint density at radius 1 is 1.35 bits per heavy atom. The predicted molar refractivity (Wildman–Crippen MR) is 74.5 cm³/mol. The molecule has 1 aromatic carbocycles. The molecule has 3 rings (SSSR count). The molecule has 0 radical (unpaired) electrons. The van der Waals surface area contributed by atoms with Crippen molar-refractivity contribution in [2.45, 2.75) is 13.0 Å². The number of hydrogen-bond donors (Lipinski definition) is 0. The Morgan fingerprint density at radius 3 is 3.05 bits per heavy atom. The Balaban J connectivity index is 1.82. The molecule has 0 amide bonds. The van der Waals surface area contributed by atoms with Crippen molar-refractivity contribution in [3.8, 4) is 11.8 Å². The van der Waals surface area contributed by atoms with Gasteiger partial charge in [0.05, 0.1) is 6.61 Å². The van der Waals surface area contributed by atoms with E-state index in [2.05, 4.69) is 22.1 Å². The minimum absolute atomic E-state index is 0.347. The van der Waals surface area contributed by atoms with Crippen molar-refractivity contribution in [3.05, 3.63) is 47.4 Å². The van der Waals surface area contributed by atoms with Crippen molar-refractivity contribution in [2.75, 3.05) is 18.6 Å². The van der Waals surface area contributed by atoms with E-state index in [1.54, 1.807) is 6.20 Å². The van der Waals surface area contributed by atoms with Crippen LogP contribution in [-0.2, 0) is 13.0 Å². The van der Waals surface area contributed by atoms with Crippen LogP contribution in [0.4, 0.5) is 5.82 Å². The van der Waals surface area contributed by atoms with E-state index in [1.165, 1.54) is 17.3 Å². The first-order valence-corrected chi connectivity index (χ1v) is 6.45. The third-order valence-electron chi connectivity index (χ3n) is 3.32. The average Bonchev–Trinajstić information content (AvgIpc) is 2.94. The van der Waals surface area contributed by atoms with Gasteiger partial charge in [-0.3, -0.25) is 0 Å². The molecule has 2 aromatic rings. The summed E-state index contributed by atoms with van der Waals surface area (Å²) in [5.41, 5.74) is 2.77. The first kappa shape index (κ1) is 12.4. The van der Waals surface area contributed by atoms with Crippen molar-refractivity contribution in [2.24, 2.45) is 0 Å². The lowest BCUT2D eigenvalue weighted by Crippen LogP contribution is -2.19. The van der Waals surface area contributed by atoms with Crippen LogP contribution in [0.1, 0.15) is 16.8 Å². The number of nitrogens with zero attached hydrogens (tertiary/aromatic N) is 4. The van der Waals surface area contributed by atoms with Gasteiger partial charge >= 0.3 is 0 Å². The third-order valence-corrected chi connectivity index (χ3v) is 3.32. The highest BCUT2D eigenvalue weighted by molar-refractivity contribution is 5.50. The predicted octanol–water partition coefficient (Wildman–Crippen LogP) is 1.92. The van der Waals surface area contributed by atoms with E-state index in [9.17, 15) is 0 Å². The van der Waals surface area contributed by atoms with Crippen LogP contribution in [0, 0.1) is 11.3 Å². The molecule has 0 bridgehead atoms. The molecule has 0 saturated heterocycles. The van der Waals surface area contributed by atoms with Crippen molar-refractivity contribution in [1.82, 2.24) is 9.97 Å². The molecule has 0 aliphatic carbocycles. The molecular weight excluding hydrogens is 252 g/mol. The fraction of sp³-hybridized carbons (Fsp3) is 0.267. The van der Waals surface area contributed by atoms with Gasteiger partial charge in [0.2, 0.25) is 0 Å². The Hall–Kier alpha value is -2.61. The van der Waals surface area contributed by atoms with Gasteiger partial charge in [-0.2, -0.15) is 5.26 Å². The van der Waals surface area contributed by atoms with Crippen LogP contribution in [0.5, 0.6) is 5.75 Å². The Kier molecular flexibility index (Phi) is 3.21. The number of nitriles is 1. The molecule has 0 fully saturated rings. The molecule has 2 heterocycles. The zero-order valence-corrected chi connectivity index (χ0v) is 11.2. The second-order valence-electron chi connectivity index (χ2n) is 4.74. The van der Waals surface area contributed by atoms with Gasteiger partial charge in [0.15, 0.2) is 11.5 Å². The molecule has 0 unspecified atom stereocenters. The second-order valence-corrected chi connectivity index (χ2v) is 4.74. The highest BCUT2D eigenvalue weighted by atomic mass is 16.5. The largest absolute Gasteiger partial charge is 0.493 e. The fourth-order valence-corrected chi connectivity index (χ4v) is 2.38. The molecule has 0 spiro atoms. The van der Waals surface area contributed by atoms with E-state index in [-0.39, 0.29) is 0 Å². The van der Waals surface area contributed by atoms with Crippen molar-refractivity contribution < 1.29 is 4.74 Å². The van der Waals surface area contributed by atoms with E-state index < -0.39 is 0 Å². The monoisotopic (exact) mass is 266 g/mol. The summed E-state index contributed by atoms with van der Waals surface area (Å²) in [7, 11) is 1.91. The Labute approximate surface area is 117 Å². The summed E-state index contributed by atoms with van der Waals surface area (Å²) in [6.45, 7) is 1.44. The summed E-state index contributed by atoms with van der Waals surface area (Å²) in [6, 6.07) is 8.27. The first-order chi connectivity index (χ1) is 9.78. The zero-order chi connectivity index (χ0) is 13.9. The van der Waals surface area contributed by atoms with Gasteiger partial charge < -0.3 is 9.64 Å². The molecule has 20 heavy (non-hydrogen) atoms. The van der Waals surface area contributed by atoms with E-state index in [0.717, 1.165) is 18.8 Å². The number of aromatic nitrogens is 2. The van der Waals surface area contributed by atoms with Gasteiger partial charge in [0.25, 0.3) is 0 Å². The summed E-state index contributed by atoms with van der Waals surface area (Å²) in [6.07, 6.45) is 4.09. The number of benzene rings is 1. The lowest BCUT2D eigenvalue weighted by atomic mass is 10.1. The lowest BCUT2D eigenvalue weighted by Gasteiger charge is -2.18. The van der Waals surface area contributed by atoms with Crippen LogP contribution in [-0.4, -0.2) is 23.6 Å². The molecular formula is C15H14N4O. The van der Waals surface area contributed by atoms with E-state index in [1.807, 2.05) is 24.1 Å². The number of anilines is 1. The Bertz CT molecular complexity index is 678. The fourth-order valence-electron chi connectivity index (χ4n) is 2.38. The van der Waals surface area contributed by atoms with Crippen LogP contribution >= 0.6 is 0 Å². The van der Waals surface area contributed by atoms with Crippen molar-refractivity contribution >= 4 is 5.82 Å². The quantitative estimate of drug-likeness (QED) is 0.849. The van der Waals surface area contributed by atoms with Crippen LogP contribution in [0.25, 0.3) is 0 Å². The molecule has 0 saturated carbocycles. The maximum atomic E-state index is 9.06. The van der Waals surface area contributed by atoms with Gasteiger partial charge in [-0.15, -0.1) is 0 Å². The molecule has 5 nitrogen and oxygen atoms in total. The summed E-state index contributed by atoms with van der Waals surface area (Å²) in [4.78, 5) is 10.2. The molecule has 1 aliphatic rings. The number of hydrogen-bond acceptors (Lipinski definition) is 5. The van der Waals surface area contributed by atoms with E-state index in [4.69, 9.17) is 10.00 Å². The number of ether oxygens (including phenoxy) is 1. The second kappa shape index (κ2) is 5.17. The molecule has 5 heteroatoms. The SMILES string of the molecule is CN(Cc1ccc2c(c1)CCO2)c1nccnc1C#N. The minimum Gasteiger partial charge on any atom is -0.493 e. The normalized spacial score (nSPS) is 12.4. The highest BCUT2D eigenvalue weighted by Gasteiger charge is 2.14. The topological polar surface area (TPSA) is 62.0 Å². The highest BCUT2D eigenvalue weighted by Crippen LogP contribution is 2.26. The van der Waals surface area contributed by atoms with Crippen molar-refractivity contribution in [3.63, 3.8) is 0 Å². The van der Waals surface area contributed by atoms with Gasteiger partial charge in [-0.1, -0.05) is 12.1 Å². The molecule has 1 aromatic heterocycles. The van der Waals surface area contributed by atoms with Crippen molar-refractivity contribution in [1.29, 1.82) is 5.26 Å². The number of rotatable bonds is 3. The zero-order valence-electron chi connectivity index (χ0n) is 11.2. The van der Waals surface area contributed by atoms with Crippen LogP contribution in [0.15, 0.2) is 30.6 Å². The molecule has 100 valence electrons. The van der Waals surface area contributed by atoms with Gasteiger partial charge in [0.1, 0.15) is 11.8 Å². The van der Waals surface area contributed by atoms with Crippen LogP contribution in [0.2, 0.25) is 0 Å². The summed E-state index contributed by atoms with van der Waals surface area (Å²) >= 11 is 0. The van der Waals surface area contributed by atoms with E-state index in [0.29, 0.717) is 18.1 Å². The smallest absolute Gasteiger partial charge is 0.183 e. The van der Waals surface area contributed by atoms with E-state index >= 15 is 0 Å². The molecule has 0 atom stereocenters. The Morgan fingerprint density at radius 2 is 2.20 bits per heavy atom. The maximum Gasteiger partial charge on any atom is 0.183 e. The first-order valence-electron chi connectivity index (χ1n) is 6.45. The lowest BCUT2D eigenvalue weighted by molar-refractivity contribution is 0.357. The molecule has 0 N–H and O–H groups in total. The van der Waals surface area contributed by atoms with Gasteiger partial charge in [0, 0.05) is 32.4 Å². The standard InChI is InChI=1S/C15H14N4O/c1-19(15-13(9-16)17-5-6-18-15)10-11-2-3-14-12(8-11)4-7-20-14/h2-3,5-6,8H,4,7,10H2,1H3. The van der Waals surface area contributed by atoms with Gasteiger partial charge in [-0.25, -0.2) is 9.97 Å². The summed E-state index contributed by atoms with van der Waals surface area (Å²) in [5, 5.41) is 9.06. The number of fused-ring (bicyclic) bond motifs is 1. The van der Waals surface area contributed by atoms with Crippen LogP contribution < -0.4 is 9.64 Å². The van der Waals surface area contributed by atoms with Gasteiger partial charge in [-0.05, 0) is 17.2 Å². The minimum atomic E-state index is 0.347. The van der Waals surface area contributed by atoms with Crippen LogP contribution in [0.3, 0.4) is 0 Å².